The molecule has 1 aromatic rings. The number of H-pyrrole nitrogens is 1. The van der Waals surface area contributed by atoms with Crippen molar-refractivity contribution < 1.29 is 8.42 Å². The Morgan fingerprint density at radius 3 is 2.72 bits per heavy atom. The predicted molar refractivity (Wildman–Crippen MR) is 65.1 cm³/mol. The van der Waals surface area contributed by atoms with E-state index >= 15 is 0 Å². The molecule has 1 saturated carbocycles. The van der Waals surface area contributed by atoms with Gasteiger partial charge in [-0.15, -0.1) is 0 Å². The topological polar surface area (TPSA) is 89.8 Å². The first-order valence-corrected chi connectivity index (χ1v) is 7.40. The molecule has 1 N–H and O–H groups in total. The summed E-state index contributed by atoms with van der Waals surface area (Å²) in [6, 6.07) is 1.90. The van der Waals surface area contributed by atoms with Crippen molar-refractivity contribution in [3.8, 4) is 6.07 Å². The van der Waals surface area contributed by atoms with Gasteiger partial charge in [-0.2, -0.15) is 14.7 Å². The van der Waals surface area contributed by atoms with E-state index in [4.69, 9.17) is 5.26 Å². The van der Waals surface area contributed by atoms with Crippen molar-refractivity contribution in [2.45, 2.75) is 43.5 Å². The lowest BCUT2D eigenvalue weighted by Crippen LogP contribution is -2.39. The van der Waals surface area contributed by atoms with Gasteiger partial charge in [0.25, 0.3) is 0 Å². The first kappa shape index (κ1) is 13.1. The zero-order valence-corrected chi connectivity index (χ0v) is 11.1. The molecule has 1 fully saturated rings. The average molecular weight is 268 g/mol. The van der Waals surface area contributed by atoms with E-state index in [2.05, 4.69) is 10.2 Å². The maximum absolute atomic E-state index is 12.5. The van der Waals surface area contributed by atoms with Crippen LogP contribution in [0.15, 0.2) is 11.1 Å². The van der Waals surface area contributed by atoms with Gasteiger partial charge in [-0.05, 0) is 19.8 Å². The maximum Gasteiger partial charge on any atom is 0.247 e. The van der Waals surface area contributed by atoms with Gasteiger partial charge in [-0.3, -0.25) is 5.10 Å². The highest BCUT2D eigenvalue weighted by Crippen LogP contribution is 2.28. The van der Waals surface area contributed by atoms with E-state index in [1.54, 1.807) is 6.92 Å². The number of nitriles is 1. The molecule has 0 atom stereocenters. The largest absolute Gasteiger partial charge is 0.281 e. The van der Waals surface area contributed by atoms with Crippen LogP contribution in [0.5, 0.6) is 0 Å². The Morgan fingerprint density at radius 1 is 1.56 bits per heavy atom. The SMILES string of the molecule is Cc1[nH]ncc1S(=O)(=O)N(CC#N)C1CCCC1. The molecule has 18 heavy (non-hydrogen) atoms. The summed E-state index contributed by atoms with van der Waals surface area (Å²) >= 11 is 0. The van der Waals surface area contributed by atoms with E-state index in [1.165, 1.54) is 10.5 Å². The molecule has 0 aromatic carbocycles. The van der Waals surface area contributed by atoms with Crippen LogP contribution in [0, 0.1) is 18.3 Å². The second-order valence-electron chi connectivity index (χ2n) is 4.51. The molecule has 7 heteroatoms. The van der Waals surface area contributed by atoms with Gasteiger partial charge >= 0.3 is 0 Å². The zero-order chi connectivity index (χ0) is 13.2. The number of rotatable bonds is 4. The highest BCUT2D eigenvalue weighted by molar-refractivity contribution is 7.89. The number of hydrogen-bond donors (Lipinski definition) is 1. The van der Waals surface area contributed by atoms with Crippen LogP contribution in [-0.4, -0.2) is 35.5 Å². The first-order valence-electron chi connectivity index (χ1n) is 5.96. The molecule has 1 aliphatic rings. The maximum atomic E-state index is 12.5. The van der Waals surface area contributed by atoms with Crippen LogP contribution in [0.25, 0.3) is 0 Å². The van der Waals surface area contributed by atoms with Crippen LogP contribution in [0.3, 0.4) is 0 Å². The van der Waals surface area contributed by atoms with Crippen LogP contribution in [0.4, 0.5) is 0 Å². The Bertz CT molecular complexity index is 552. The van der Waals surface area contributed by atoms with E-state index in [1.807, 2.05) is 6.07 Å². The van der Waals surface area contributed by atoms with Gasteiger partial charge in [-0.1, -0.05) is 12.8 Å². The summed E-state index contributed by atoms with van der Waals surface area (Å²) in [6.07, 6.45) is 5.01. The molecule has 0 bridgehead atoms. The second-order valence-corrected chi connectivity index (χ2v) is 6.36. The molecular weight excluding hydrogens is 252 g/mol. The number of nitrogens with zero attached hydrogens (tertiary/aromatic N) is 3. The van der Waals surface area contributed by atoms with Crippen molar-refractivity contribution in [1.82, 2.24) is 14.5 Å². The van der Waals surface area contributed by atoms with Crippen molar-refractivity contribution in [1.29, 1.82) is 5.26 Å². The minimum absolute atomic E-state index is 0.0519. The van der Waals surface area contributed by atoms with Crippen LogP contribution in [-0.2, 0) is 10.0 Å². The summed E-state index contributed by atoms with van der Waals surface area (Å²) in [6.45, 7) is 1.57. The quantitative estimate of drug-likeness (QED) is 0.830. The molecule has 0 spiro atoms. The first-order chi connectivity index (χ1) is 8.57. The Balaban J connectivity index is 2.36. The standard InChI is InChI=1S/C11H16N4O2S/c1-9-11(8-13-14-9)18(16,17)15(7-6-12)10-4-2-3-5-10/h8,10H,2-5,7H2,1H3,(H,13,14). The third kappa shape index (κ3) is 2.26. The minimum Gasteiger partial charge on any atom is -0.281 e. The van der Waals surface area contributed by atoms with E-state index < -0.39 is 10.0 Å². The van der Waals surface area contributed by atoms with E-state index in [0.29, 0.717) is 5.69 Å². The molecule has 0 unspecified atom stereocenters. The Hall–Kier alpha value is -1.39. The fourth-order valence-corrected chi connectivity index (χ4v) is 4.10. The molecule has 1 aromatic heterocycles. The second kappa shape index (κ2) is 5.08. The number of aryl methyl sites for hydroxylation is 1. The van der Waals surface area contributed by atoms with Gasteiger partial charge in [0.2, 0.25) is 10.0 Å². The van der Waals surface area contributed by atoms with E-state index in [9.17, 15) is 8.42 Å². The summed E-state index contributed by atoms with van der Waals surface area (Å²) in [5.74, 6) is 0. The third-order valence-electron chi connectivity index (χ3n) is 3.33. The molecule has 0 radical (unpaired) electrons. The van der Waals surface area contributed by atoms with Gasteiger partial charge in [0.1, 0.15) is 11.4 Å². The summed E-state index contributed by atoms with van der Waals surface area (Å²) < 4.78 is 26.3. The molecule has 0 aliphatic heterocycles. The monoisotopic (exact) mass is 268 g/mol. The molecule has 0 saturated heterocycles. The summed E-state index contributed by atoms with van der Waals surface area (Å²) in [7, 11) is -3.62. The lowest BCUT2D eigenvalue weighted by Gasteiger charge is -2.25. The highest BCUT2D eigenvalue weighted by atomic mass is 32.2. The predicted octanol–water partition coefficient (Wildman–Crippen LogP) is 1.17. The number of nitrogens with one attached hydrogen (secondary N) is 1. The normalized spacial score (nSPS) is 17.2. The third-order valence-corrected chi connectivity index (χ3v) is 5.34. The van der Waals surface area contributed by atoms with Crippen LogP contribution in [0.1, 0.15) is 31.4 Å². The van der Waals surface area contributed by atoms with Crippen LogP contribution < -0.4 is 0 Å². The zero-order valence-electron chi connectivity index (χ0n) is 10.3. The molecular formula is C11H16N4O2S. The van der Waals surface area contributed by atoms with E-state index in [0.717, 1.165) is 25.7 Å². The fraction of sp³-hybridized carbons (Fsp3) is 0.636. The van der Waals surface area contributed by atoms with Crippen LogP contribution in [0.2, 0.25) is 0 Å². The molecule has 2 rings (SSSR count). The molecule has 1 heterocycles. The van der Waals surface area contributed by atoms with Crippen molar-refractivity contribution in [3.63, 3.8) is 0 Å². The smallest absolute Gasteiger partial charge is 0.247 e. The average Bonchev–Trinajstić information content (AvgIpc) is 2.96. The summed E-state index contributed by atoms with van der Waals surface area (Å²) in [5.41, 5.74) is 0.510. The number of sulfonamides is 1. The van der Waals surface area contributed by atoms with Gasteiger partial charge in [-0.25, -0.2) is 8.42 Å². The summed E-state index contributed by atoms with van der Waals surface area (Å²) in [4.78, 5) is 0.171. The Morgan fingerprint density at radius 2 is 2.22 bits per heavy atom. The van der Waals surface area contributed by atoms with Gasteiger partial charge in [0.05, 0.1) is 18.0 Å². The van der Waals surface area contributed by atoms with Crippen molar-refractivity contribution in [2.75, 3.05) is 6.54 Å². The summed E-state index contributed by atoms with van der Waals surface area (Å²) in [5, 5.41) is 15.2. The highest BCUT2D eigenvalue weighted by Gasteiger charge is 2.34. The van der Waals surface area contributed by atoms with Gasteiger partial charge in [0, 0.05) is 6.04 Å². The Kier molecular flexibility index (Phi) is 3.68. The minimum atomic E-state index is -3.62. The molecule has 98 valence electrons. The fourth-order valence-electron chi connectivity index (χ4n) is 2.40. The van der Waals surface area contributed by atoms with Gasteiger partial charge in [0.15, 0.2) is 0 Å². The van der Waals surface area contributed by atoms with Crippen molar-refractivity contribution >= 4 is 10.0 Å². The Labute approximate surface area is 107 Å². The van der Waals surface area contributed by atoms with Crippen LogP contribution >= 0.6 is 0 Å². The number of aromatic nitrogens is 2. The molecule has 6 nitrogen and oxygen atoms in total. The lowest BCUT2D eigenvalue weighted by molar-refractivity contribution is 0.350. The molecule has 0 amide bonds. The van der Waals surface area contributed by atoms with E-state index in [-0.39, 0.29) is 17.5 Å². The number of hydrogen-bond acceptors (Lipinski definition) is 4. The van der Waals surface area contributed by atoms with Gasteiger partial charge < -0.3 is 0 Å². The van der Waals surface area contributed by atoms with Crippen molar-refractivity contribution in [2.24, 2.45) is 0 Å². The molecule has 1 aliphatic carbocycles. The number of aromatic amines is 1. The lowest BCUT2D eigenvalue weighted by atomic mass is 10.2. The van der Waals surface area contributed by atoms with Crippen molar-refractivity contribution in [3.05, 3.63) is 11.9 Å².